The maximum atomic E-state index is 12.2. The second-order valence-corrected chi connectivity index (χ2v) is 6.65. The lowest BCUT2D eigenvalue weighted by molar-refractivity contribution is 0.0923. The minimum atomic E-state index is 0.00181. The molecule has 18 heavy (non-hydrogen) atoms. The van der Waals surface area contributed by atoms with Gasteiger partial charge >= 0.3 is 0 Å². The van der Waals surface area contributed by atoms with Gasteiger partial charge in [0.2, 0.25) is 0 Å². The summed E-state index contributed by atoms with van der Waals surface area (Å²) >= 11 is 9.34. The summed E-state index contributed by atoms with van der Waals surface area (Å²) in [6.45, 7) is 0. The van der Waals surface area contributed by atoms with Crippen molar-refractivity contribution in [1.29, 1.82) is 0 Å². The van der Waals surface area contributed by atoms with Crippen LogP contribution in [-0.2, 0) is 0 Å². The first-order valence-corrected chi connectivity index (χ1v) is 7.56. The monoisotopic (exact) mass is 327 g/mol. The molecule has 3 rings (SSSR count). The molecule has 3 unspecified atom stereocenters. The van der Waals surface area contributed by atoms with E-state index in [1.807, 2.05) is 6.07 Å². The fraction of sp³-hybridized carbons (Fsp3) is 0.500. The van der Waals surface area contributed by atoms with Gasteiger partial charge in [-0.05, 0) is 65.2 Å². The lowest BCUT2D eigenvalue weighted by Crippen LogP contribution is -2.38. The highest BCUT2D eigenvalue weighted by molar-refractivity contribution is 9.10. The Morgan fingerprint density at radius 3 is 2.78 bits per heavy atom. The molecule has 2 saturated carbocycles. The van der Waals surface area contributed by atoms with Crippen molar-refractivity contribution in [2.45, 2.75) is 31.7 Å². The number of halogens is 2. The molecule has 4 heteroatoms. The van der Waals surface area contributed by atoms with E-state index >= 15 is 0 Å². The van der Waals surface area contributed by atoms with Crippen molar-refractivity contribution in [2.75, 3.05) is 0 Å². The highest BCUT2D eigenvalue weighted by Crippen LogP contribution is 2.44. The van der Waals surface area contributed by atoms with Gasteiger partial charge in [-0.25, -0.2) is 0 Å². The topological polar surface area (TPSA) is 29.1 Å². The van der Waals surface area contributed by atoms with Crippen molar-refractivity contribution >= 4 is 33.4 Å². The van der Waals surface area contributed by atoms with Gasteiger partial charge in [-0.3, -0.25) is 4.79 Å². The quantitative estimate of drug-likeness (QED) is 0.873. The Hall–Kier alpha value is -0.540. The van der Waals surface area contributed by atoms with E-state index in [1.165, 1.54) is 19.3 Å². The number of nitrogens with one attached hydrogen (secondary N) is 1. The molecule has 96 valence electrons. The summed E-state index contributed by atoms with van der Waals surface area (Å²) in [6, 6.07) is 5.71. The van der Waals surface area contributed by atoms with Gasteiger partial charge in [0, 0.05) is 16.1 Å². The summed E-state index contributed by atoms with van der Waals surface area (Å²) in [5.41, 5.74) is 0.644. The molecular formula is C14H15BrClNO. The molecule has 0 aliphatic heterocycles. The van der Waals surface area contributed by atoms with E-state index in [9.17, 15) is 4.79 Å². The smallest absolute Gasteiger partial charge is 0.251 e. The van der Waals surface area contributed by atoms with E-state index in [-0.39, 0.29) is 5.91 Å². The van der Waals surface area contributed by atoms with Crippen LogP contribution in [0.15, 0.2) is 22.7 Å². The Morgan fingerprint density at radius 1 is 1.33 bits per heavy atom. The first-order valence-electron chi connectivity index (χ1n) is 6.39. The van der Waals surface area contributed by atoms with Gasteiger partial charge in [0.25, 0.3) is 5.91 Å². The second-order valence-electron chi connectivity index (χ2n) is 5.38. The predicted octanol–water partition coefficient (Wildman–Crippen LogP) is 4.02. The van der Waals surface area contributed by atoms with Crippen LogP contribution in [0.3, 0.4) is 0 Å². The van der Waals surface area contributed by atoms with Crippen molar-refractivity contribution < 1.29 is 4.79 Å². The first-order chi connectivity index (χ1) is 8.63. The third kappa shape index (κ3) is 2.30. The minimum absolute atomic E-state index is 0.00181. The van der Waals surface area contributed by atoms with E-state index in [0.29, 0.717) is 22.5 Å². The zero-order chi connectivity index (χ0) is 12.7. The summed E-state index contributed by atoms with van der Waals surface area (Å²) < 4.78 is 0.820. The molecule has 2 aliphatic rings. The molecule has 3 atom stereocenters. The standard InChI is InChI=1S/C14H15BrClNO/c15-11-4-3-10(7-12(11)16)14(18)17-13-6-8-1-2-9(13)5-8/h3-4,7-9,13H,1-2,5-6H2,(H,17,18). The first kappa shape index (κ1) is 12.5. The number of rotatable bonds is 2. The minimum Gasteiger partial charge on any atom is -0.349 e. The van der Waals surface area contributed by atoms with Crippen molar-refractivity contribution in [3.63, 3.8) is 0 Å². The number of benzene rings is 1. The maximum Gasteiger partial charge on any atom is 0.251 e. The number of hydrogen-bond donors (Lipinski definition) is 1. The van der Waals surface area contributed by atoms with Crippen LogP contribution in [0.2, 0.25) is 5.02 Å². The average Bonchev–Trinajstić information content (AvgIpc) is 2.94. The normalized spacial score (nSPS) is 29.6. The molecule has 1 aromatic carbocycles. The molecule has 1 aromatic rings. The van der Waals surface area contributed by atoms with Gasteiger partial charge in [0.05, 0.1) is 5.02 Å². The molecule has 0 spiro atoms. The van der Waals surface area contributed by atoms with Gasteiger partial charge in [-0.2, -0.15) is 0 Å². The van der Waals surface area contributed by atoms with E-state index < -0.39 is 0 Å². The molecule has 2 fully saturated rings. The fourth-order valence-corrected chi connectivity index (χ4v) is 3.74. The molecule has 2 nitrogen and oxygen atoms in total. The molecule has 1 amide bonds. The van der Waals surface area contributed by atoms with Crippen LogP contribution in [0, 0.1) is 11.8 Å². The van der Waals surface area contributed by atoms with E-state index in [0.717, 1.165) is 16.8 Å². The summed E-state index contributed by atoms with van der Waals surface area (Å²) in [4.78, 5) is 12.2. The van der Waals surface area contributed by atoms with Crippen molar-refractivity contribution in [3.05, 3.63) is 33.3 Å². The molecule has 0 saturated heterocycles. The summed E-state index contributed by atoms with van der Waals surface area (Å²) in [5.74, 6) is 1.54. The Morgan fingerprint density at radius 2 is 2.17 bits per heavy atom. The Bertz CT molecular complexity index is 491. The predicted molar refractivity (Wildman–Crippen MR) is 75.9 cm³/mol. The number of carbonyl (C=O) groups excluding carboxylic acids is 1. The molecule has 0 aromatic heterocycles. The number of hydrogen-bond acceptors (Lipinski definition) is 1. The highest BCUT2D eigenvalue weighted by atomic mass is 79.9. The van der Waals surface area contributed by atoms with Crippen LogP contribution in [-0.4, -0.2) is 11.9 Å². The van der Waals surface area contributed by atoms with Crippen molar-refractivity contribution in [2.24, 2.45) is 11.8 Å². The van der Waals surface area contributed by atoms with Crippen LogP contribution in [0.25, 0.3) is 0 Å². The van der Waals surface area contributed by atoms with Crippen LogP contribution < -0.4 is 5.32 Å². The molecule has 1 N–H and O–H groups in total. The van der Waals surface area contributed by atoms with E-state index in [1.54, 1.807) is 12.1 Å². The van der Waals surface area contributed by atoms with Crippen LogP contribution >= 0.6 is 27.5 Å². The van der Waals surface area contributed by atoms with Crippen molar-refractivity contribution in [1.82, 2.24) is 5.32 Å². The highest BCUT2D eigenvalue weighted by Gasteiger charge is 2.40. The van der Waals surface area contributed by atoms with Crippen molar-refractivity contribution in [3.8, 4) is 0 Å². The number of fused-ring (bicyclic) bond motifs is 2. The largest absolute Gasteiger partial charge is 0.349 e. The molecule has 2 bridgehead atoms. The van der Waals surface area contributed by atoms with Gasteiger partial charge in [-0.1, -0.05) is 18.0 Å². The van der Waals surface area contributed by atoms with Crippen LogP contribution in [0.1, 0.15) is 36.0 Å². The summed E-state index contributed by atoms with van der Waals surface area (Å²) in [6.07, 6.45) is 5.07. The van der Waals surface area contributed by atoms with Crippen LogP contribution in [0.5, 0.6) is 0 Å². The lowest BCUT2D eigenvalue weighted by atomic mass is 9.95. The van der Waals surface area contributed by atoms with Gasteiger partial charge < -0.3 is 5.32 Å². The fourth-order valence-electron chi connectivity index (χ4n) is 3.31. The number of amides is 1. The zero-order valence-electron chi connectivity index (χ0n) is 9.96. The van der Waals surface area contributed by atoms with Gasteiger partial charge in [0.15, 0.2) is 0 Å². The number of carbonyl (C=O) groups is 1. The molecule has 0 heterocycles. The van der Waals surface area contributed by atoms with Gasteiger partial charge in [0.1, 0.15) is 0 Å². The van der Waals surface area contributed by atoms with E-state index in [4.69, 9.17) is 11.6 Å². The third-order valence-electron chi connectivity index (χ3n) is 4.24. The second kappa shape index (κ2) is 4.86. The third-order valence-corrected chi connectivity index (χ3v) is 5.47. The zero-order valence-corrected chi connectivity index (χ0v) is 12.3. The Labute approximate surface area is 120 Å². The molecule has 0 radical (unpaired) electrons. The van der Waals surface area contributed by atoms with E-state index in [2.05, 4.69) is 21.2 Å². The molecule has 2 aliphatic carbocycles. The Balaban J connectivity index is 1.69. The lowest BCUT2D eigenvalue weighted by Gasteiger charge is -2.22. The maximum absolute atomic E-state index is 12.2. The van der Waals surface area contributed by atoms with Gasteiger partial charge in [-0.15, -0.1) is 0 Å². The summed E-state index contributed by atoms with van der Waals surface area (Å²) in [7, 11) is 0. The Kier molecular flexibility index (Phi) is 3.37. The van der Waals surface area contributed by atoms with Crippen LogP contribution in [0.4, 0.5) is 0 Å². The molecular weight excluding hydrogens is 314 g/mol. The average molecular weight is 329 g/mol. The summed E-state index contributed by atoms with van der Waals surface area (Å²) in [5, 5.41) is 3.74. The SMILES string of the molecule is O=C(NC1CC2CCC1C2)c1ccc(Br)c(Cl)c1.